The van der Waals surface area contributed by atoms with Crippen LogP contribution in [-0.4, -0.2) is 42.3 Å². The molecule has 3 rings (SSSR count). The molecule has 7 heteroatoms. The van der Waals surface area contributed by atoms with Crippen molar-refractivity contribution in [1.82, 2.24) is 15.5 Å². The SMILES string of the molecule is Cc1cc(C(=O)NCc2ccc(C(=O)N3CCNC(=O)C3)cc2)sc1C. The van der Waals surface area contributed by atoms with E-state index in [-0.39, 0.29) is 24.3 Å². The Morgan fingerprint density at radius 3 is 2.58 bits per heavy atom. The Hall–Kier alpha value is -2.67. The quantitative estimate of drug-likeness (QED) is 0.861. The fourth-order valence-corrected chi connectivity index (χ4v) is 3.66. The standard InChI is InChI=1S/C19H21N3O3S/c1-12-9-16(26-13(12)2)18(24)21-10-14-3-5-15(6-4-14)19(25)22-8-7-20-17(23)11-22/h3-6,9H,7-8,10-11H2,1-2H3,(H,20,23)(H,21,24). The number of nitrogens with one attached hydrogen (secondary N) is 2. The molecule has 1 aliphatic heterocycles. The second kappa shape index (κ2) is 7.70. The molecule has 3 amide bonds. The van der Waals surface area contributed by atoms with Crippen molar-refractivity contribution in [3.05, 3.63) is 56.8 Å². The molecule has 6 nitrogen and oxygen atoms in total. The van der Waals surface area contributed by atoms with Crippen LogP contribution in [0.1, 0.15) is 36.0 Å². The molecule has 1 aromatic heterocycles. The van der Waals surface area contributed by atoms with Crippen LogP contribution in [-0.2, 0) is 11.3 Å². The van der Waals surface area contributed by atoms with Crippen LogP contribution in [0.2, 0.25) is 0 Å². The predicted molar refractivity (Wildman–Crippen MR) is 100 cm³/mol. The normalized spacial score (nSPS) is 14.1. The Morgan fingerprint density at radius 1 is 1.23 bits per heavy atom. The molecular formula is C19H21N3O3S. The lowest BCUT2D eigenvalue weighted by Gasteiger charge is -2.26. The highest BCUT2D eigenvalue weighted by atomic mass is 32.1. The highest BCUT2D eigenvalue weighted by Crippen LogP contribution is 2.20. The minimum absolute atomic E-state index is 0.0920. The van der Waals surface area contributed by atoms with Crippen LogP contribution >= 0.6 is 11.3 Å². The number of hydrogen-bond donors (Lipinski definition) is 2. The van der Waals surface area contributed by atoms with Gasteiger partial charge < -0.3 is 15.5 Å². The number of benzene rings is 1. The van der Waals surface area contributed by atoms with E-state index in [9.17, 15) is 14.4 Å². The highest BCUT2D eigenvalue weighted by Gasteiger charge is 2.22. The van der Waals surface area contributed by atoms with E-state index in [4.69, 9.17) is 0 Å². The minimum atomic E-state index is -0.153. The number of aryl methyl sites for hydroxylation is 2. The Kier molecular flexibility index (Phi) is 5.37. The first kappa shape index (κ1) is 18.1. The molecule has 1 aliphatic rings. The molecule has 1 aromatic carbocycles. The highest BCUT2D eigenvalue weighted by molar-refractivity contribution is 7.14. The summed E-state index contributed by atoms with van der Waals surface area (Å²) in [5, 5.41) is 5.60. The van der Waals surface area contributed by atoms with Crippen molar-refractivity contribution in [2.75, 3.05) is 19.6 Å². The Labute approximate surface area is 156 Å². The van der Waals surface area contributed by atoms with Crippen molar-refractivity contribution in [1.29, 1.82) is 0 Å². The molecule has 136 valence electrons. The maximum Gasteiger partial charge on any atom is 0.261 e. The third-order valence-corrected chi connectivity index (χ3v) is 5.52. The lowest BCUT2D eigenvalue weighted by Crippen LogP contribution is -2.49. The van der Waals surface area contributed by atoms with E-state index < -0.39 is 0 Å². The van der Waals surface area contributed by atoms with E-state index in [1.807, 2.05) is 32.0 Å². The smallest absolute Gasteiger partial charge is 0.261 e. The first-order valence-electron chi connectivity index (χ1n) is 8.44. The average molecular weight is 371 g/mol. The van der Waals surface area contributed by atoms with Crippen molar-refractivity contribution in [3.63, 3.8) is 0 Å². The molecular weight excluding hydrogens is 350 g/mol. The lowest BCUT2D eigenvalue weighted by atomic mass is 10.1. The first-order chi connectivity index (χ1) is 12.4. The van der Waals surface area contributed by atoms with Crippen LogP contribution in [0.15, 0.2) is 30.3 Å². The van der Waals surface area contributed by atoms with E-state index in [1.165, 1.54) is 16.2 Å². The fourth-order valence-electron chi connectivity index (χ4n) is 2.71. The Morgan fingerprint density at radius 2 is 1.96 bits per heavy atom. The van der Waals surface area contributed by atoms with Crippen LogP contribution in [0.3, 0.4) is 0 Å². The van der Waals surface area contributed by atoms with Gasteiger partial charge in [-0.15, -0.1) is 11.3 Å². The number of carbonyl (C=O) groups is 3. The van der Waals surface area contributed by atoms with Gasteiger partial charge >= 0.3 is 0 Å². The third kappa shape index (κ3) is 4.11. The summed E-state index contributed by atoms with van der Waals surface area (Å²) in [5.41, 5.74) is 2.57. The number of thiophene rings is 1. The predicted octanol–water partition coefficient (Wildman–Crippen LogP) is 1.87. The van der Waals surface area contributed by atoms with Crippen LogP contribution in [0.25, 0.3) is 0 Å². The molecule has 1 saturated heterocycles. The summed E-state index contributed by atoms with van der Waals surface area (Å²) < 4.78 is 0. The zero-order valence-corrected chi connectivity index (χ0v) is 15.6. The molecule has 0 atom stereocenters. The summed E-state index contributed by atoms with van der Waals surface area (Å²) in [6, 6.07) is 9.00. The van der Waals surface area contributed by atoms with Gasteiger partial charge in [-0.1, -0.05) is 12.1 Å². The number of amides is 3. The zero-order valence-electron chi connectivity index (χ0n) is 14.8. The van der Waals surface area contributed by atoms with Gasteiger partial charge in [-0.05, 0) is 43.2 Å². The molecule has 0 bridgehead atoms. The molecule has 1 fully saturated rings. The summed E-state index contributed by atoms with van der Waals surface area (Å²) in [6.45, 7) is 5.48. The van der Waals surface area contributed by atoms with E-state index in [0.717, 1.165) is 16.0 Å². The van der Waals surface area contributed by atoms with Gasteiger partial charge in [-0.3, -0.25) is 14.4 Å². The topological polar surface area (TPSA) is 78.5 Å². The molecule has 2 heterocycles. The summed E-state index contributed by atoms with van der Waals surface area (Å²) in [4.78, 5) is 39.4. The molecule has 0 radical (unpaired) electrons. The fraction of sp³-hybridized carbons (Fsp3) is 0.316. The number of piperazine rings is 1. The van der Waals surface area contributed by atoms with Gasteiger partial charge in [0.05, 0.1) is 11.4 Å². The maximum atomic E-state index is 12.4. The Bertz CT molecular complexity index is 823. The van der Waals surface area contributed by atoms with Crippen LogP contribution in [0.4, 0.5) is 0 Å². The molecule has 2 aromatic rings. The Balaban J connectivity index is 1.58. The van der Waals surface area contributed by atoms with E-state index >= 15 is 0 Å². The maximum absolute atomic E-state index is 12.4. The van der Waals surface area contributed by atoms with Crippen molar-refractivity contribution >= 4 is 29.1 Å². The summed E-state index contributed by atoms with van der Waals surface area (Å²) in [5.74, 6) is -0.381. The number of carbonyl (C=O) groups excluding carboxylic acids is 3. The van der Waals surface area contributed by atoms with E-state index in [0.29, 0.717) is 30.1 Å². The number of nitrogens with zero attached hydrogens (tertiary/aromatic N) is 1. The van der Waals surface area contributed by atoms with Crippen molar-refractivity contribution < 1.29 is 14.4 Å². The second-order valence-corrected chi connectivity index (χ2v) is 7.56. The second-order valence-electron chi connectivity index (χ2n) is 6.31. The monoisotopic (exact) mass is 371 g/mol. The van der Waals surface area contributed by atoms with Gasteiger partial charge in [-0.25, -0.2) is 0 Å². The third-order valence-electron chi connectivity index (χ3n) is 4.37. The molecule has 0 aliphatic carbocycles. The van der Waals surface area contributed by atoms with Gasteiger partial charge in [0.15, 0.2) is 0 Å². The molecule has 0 spiro atoms. The largest absolute Gasteiger partial charge is 0.353 e. The lowest BCUT2D eigenvalue weighted by molar-refractivity contribution is -0.123. The minimum Gasteiger partial charge on any atom is -0.353 e. The molecule has 0 saturated carbocycles. The molecule has 26 heavy (non-hydrogen) atoms. The van der Waals surface area contributed by atoms with Gasteiger partial charge in [0, 0.05) is 30.1 Å². The van der Waals surface area contributed by atoms with Crippen molar-refractivity contribution in [2.24, 2.45) is 0 Å². The van der Waals surface area contributed by atoms with Crippen LogP contribution < -0.4 is 10.6 Å². The van der Waals surface area contributed by atoms with Gasteiger partial charge in [0.25, 0.3) is 11.8 Å². The van der Waals surface area contributed by atoms with E-state index in [2.05, 4.69) is 10.6 Å². The van der Waals surface area contributed by atoms with Crippen LogP contribution in [0.5, 0.6) is 0 Å². The van der Waals surface area contributed by atoms with Gasteiger partial charge in [0.2, 0.25) is 5.91 Å². The first-order valence-corrected chi connectivity index (χ1v) is 9.26. The molecule has 2 N–H and O–H groups in total. The van der Waals surface area contributed by atoms with Crippen molar-refractivity contribution in [3.8, 4) is 0 Å². The van der Waals surface area contributed by atoms with Crippen molar-refractivity contribution in [2.45, 2.75) is 20.4 Å². The number of rotatable bonds is 4. The summed E-state index contributed by atoms with van der Waals surface area (Å²) in [6.07, 6.45) is 0. The summed E-state index contributed by atoms with van der Waals surface area (Å²) in [7, 11) is 0. The zero-order chi connectivity index (χ0) is 18.7. The summed E-state index contributed by atoms with van der Waals surface area (Å²) >= 11 is 1.49. The van der Waals surface area contributed by atoms with Crippen LogP contribution in [0, 0.1) is 13.8 Å². The number of hydrogen-bond acceptors (Lipinski definition) is 4. The molecule has 0 unspecified atom stereocenters. The average Bonchev–Trinajstić information content (AvgIpc) is 2.98. The van der Waals surface area contributed by atoms with Gasteiger partial charge in [0.1, 0.15) is 0 Å². The van der Waals surface area contributed by atoms with Gasteiger partial charge in [-0.2, -0.15) is 0 Å². The van der Waals surface area contributed by atoms with E-state index in [1.54, 1.807) is 12.1 Å².